The molecule has 2 aliphatic rings. The van der Waals surface area contributed by atoms with Gasteiger partial charge >= 0.3 is 6.09 Å². The second-order valence-corrected chi connectivity index (χ2v) is 16.0. The van der Waals surface area contributed by atoms with E-state index in [-0.39, 0.29) is 36.0 Å². The zero-order valence-corrected chi connectivity index (χ0v) is 34.4. The van der Waals surface area contributed by atoms with Crippen molar-refractivity contribution in [2.75, 3.05) is 64.3 Å². The number of aromatic amines is 1. The average molecular weight is 816 g/mol. The van der Waals surface area contributed by atoms with Gasteiger partial charge in [-0.25, -0.2) is 4.79 Å². The Morgan fingerprint density at radius 1 is 0.900 bits per heavy atom. The summed E-state index contributed by atoms with van der Waals surface area (Å²) in [5.41, 5.74) is 5.86. The van der Waals surface area contributed by atoms with E-state index < -0.39 is 6.10 Å². The van der Waals surface area contributed by atoms with Crippen LogP contribution in [0.4, 0.5) is 10.5 Å². The number of carbonyl (C=O) groups is 2. The van der Waals surface area contributed by atoms with Gasteiger partial charge in [0.05, 0.1) is 36.9 Å². The number of benzene rings is 4. The molecule has 4 atom stereocenters. The lowest BCUT2D eigenvalue weighted by atomic mass is 10.0. The highest BCUT2D eigenvalue weighted by Gasteiger charge is 2.42. The average Bonchev–Trinajstić information content (AvgIpc) is 3.82. The SMILES string of the molecule is CCN(CCNC[C@H](O)c1ccc(O)c2[nH]c(=O)ccc12)C(=O)CCOCCc1cccc(CCN2C[C@H]3C[C@H](OC(=O)Nc4ccccc4-c4ccccc4)C[C@H]3C2)c1. The molecule has 2 amide bonds. The minimum Gasteiger partial charge on any atom is -0.506 e. The van der Waals surface area contributed by atoms with E-state index in [4.69, 9.17) is 9.47 Å². The van der Waals surface area contributed by atoms with Crippen molar-refractivity contribution in [3.8, 4) is 16.9 Å². The number of para-hydroxylation sites is 1. The number of aromatic hydroxyl groups is 1. The number of H-pyrrole nitrogens is 1. The Morgan fingerprint density at radius 3 is 2.43 bits per heavy atom. The summed E-state index contributed by atoms with van der Waals surface area (Å²) < 4.78 is 11.8. The fourth-order valence-corrected chi connectivity index (χ4v) is 8.78. The summed E-state index contributed by atoms with van der Waals surface area (Å²) in [7, 11) is 0. The van der Waals surface area contributed by atoms with Gasteiger partial charge in [0.2, 0.25) is 11.5 Å². The molecule has 7 rings (SSSR count). The minimum atomic E-state index is -0.863. The van der Waals surface area contributed by atoms with Gasteiger partial charge in [0.25, 0.3) is 0 Å². The number of ether oxygens (including phenoxy) is 2. The first-order valence-corrected chi connectivity index (χ1v) is 21.3. The zero-order chi connectivity index (χ0) is 41.8. The minimum absolute atomic E-state index is 0.0237. The molecule has 1 aliphatic heterocycles. The van der Waals surface area contributed by atoms with E-state index in [1.54, 1.807) is 17.0 Å². The number of amides is 2. The molecule has 316 valence electrons. The van der Waals surface area contributed by atoms with Crippen molar-refractivity contribution in [2.24, 2.45) is 11.8 Å². The molecule has 0 bridgehead atoms. The van der Waals surface area contributed by atoms with Crippen LogP contribution in [0.25, 0.3) is 22.0 Å². The number of carbonyl (C=O) groups excluding carboxylic acids is 2. The lowest BCUT2D eigenvalue weighted by molar-refractivity contribution is -0.132. The fourth-order valence-electron chi connectivity index (χ4n) is 8.78. The normalized spacial score (nSPS) is 18.0. The van der Waals surface area contributed by atoms with Gasteiger partial charge in [-0.2, -0.15) is 0 Å². The number of hydrogen-bond donors (Lipinski definition) is 5. The number of phenolic OH excluding ortho intramolecular Hbond substituents is 1. The number of hydrogen-bond acceptors (Lipinski definition) is 9. The number of aliphatic hydroxyl groups is 1. The Labute approximate surface area is 351 Å². The molecule has 2 heterocycles. The highest BCUT2D eigenvalue weighted by atomic mass is 16.6. The Morgan fingerprint density at radius 2 is 1.65 bits per heavy atom. The zero-order valence-electron chi connectivity index (χ0n) is 34.4. The molecule has 4 aromatic carbocycles. The van der Waals surface area contributed by atoms with E-state index >= 15 is 0 Å². The number of rotatable bonds is 19. The Balaban J connectivity index is 0.756. The summed E-state index contributed by atoms with van der Waals surface area (Å²) in [5.74, 6) is 1.06. The van der Waals surface area contributed by atoms with Gasteiger partial charge in [-0.3, -0.25) is 14.9 Å². The van der Waals surface area contributed by atoms with Crippen molar-refractivity contribution >= 4 is 28.6 Å². The van der Waals surface area contributed by atoms with Crippen LogP contribution in [0.3, 0.4) is 0 Å². The number of nitrogens with zero attached hydrogens (tertiary/aromatic N) is 2. The van der Waals surface area contributed by atoms with Crippen LogP contribution in [0.2, 0.25) is 0 Å². The monoisotopic (exact) mass is 815 g/mol. The number of phenols is 1. The van der Waals surface area contributed by atoms with Crippen molar-refractivity contribution in [1.29, 1.82) is 0 Å². The Bertz CT molecular complexity index is 2250. The first kappa shape index (κ1) is 42.6. The lowest BCUT2D eigenvalue weighted by Crippen LogP contribution is -2.38. The second-order valence-electron chi connectivity index (χ2n) is 16.0. The third kappa shape index (κ3) is 11.2. The summed E-state index contributed by atoms with van der Waals surface area (Å²) in [5, 5.41) is 27.7. The molecule has 1 aliphatic carbocycles. The highest BCUT2D eigenvalue weighted by Crippen LogP contribution is 2.40. The van der Waals surface area contributed by atoms with Gasteiger partial charge in [0, 0.05) is 62.8 Å². The van der Waals surface area contributed by atoms with Crippen molar-refractivity contribution in [2.45, 2.75) is 51.2 Å². The molecular formula is C48H57N5O7. The molecule has 1 saturated carbocycles. The number of likely N-dealkylation sites (N-methyl/N-ethyl adjacent to an activating group) is 1. The number of nitrogens with one attached hydrogen (secondary N) is 3. The molecule has 0 radical (unpaired) electrons. The summed E-state index contributed by atoms with van der Waals surface area (Å²) in [6.45, 7) is 7.73. The Kier molecular flexibility index (Phi) is 14.6. The van der Waals surface area contributed by atoms with E-state index in [1.165, 1.54) is 23.3 Å². The van der Waals surface area contributed by atoms with Gasteiger partial charge < -0.3 is 39.8 Å². The van der Waals surface area contributed by atoms with Gasteiger partial charge in [-0.15, -0.1) is 0 Å². The van der Waals surface area contributed by atoms with Gasteiger partial charge in [-0.1, -0.05) is 78.9 Å². The number of aromatic nitrogens is 1. The van der Waals surface area contributed by atoms with Crippen LogP contribution in [-0.2, 0) is 27.1 Å². The van der Waals surface area contributed by atoms with Gasteiger partial charge in [0.15, 0.2) is 0 Å². The summed E-state index contributed by atoms with van der Waals surface area (Å²) >= 11 is 0. The molecule has 1 saturated heterocycles. The molecule has 5 N–H and O–H groups in total. The van der Waals surface area contributed by atoms with Crippen LogP contribution >= 0.6 is 0 Å². The fraction of sp³-hybridized carbons (Fsp3) is 0.396. The molecule has 1 aromatic heterocycles. The van der Waals surface area contributed by atoms with E-state index in [0.717, 1.165) is 62.1 Å². The number of likely N-dealkylation sites (tertiary alicyclic amines) is 1. The van der Waals surface area contributed by atoms with Crippen molar-refractivity contribution in [3.63, 3.8) is 0 Å². The number of fused-ring (bicyclic) bond motifs is 2. The molecule has 0 spiro atoms. The van der Waals surface area contributed by atoms with E-state index in [9.17, 15) is 24.6 Å². The molecule has 5 aromatic rings. The molecular weight excluding hydrogens is 759 g/mol. The van der Waals surface area contributed by atoms with Crippen LogP contribution in [-0.4, -0.2) is 102 Å². The molecule has 12 heteroatoms. The number of anilines is 1. The standard InChI is InChI=1S/C48H57N5O7/c1-2-53(24-22-49-30-44(55)40-15-17-43(54)47-41(40)16-18-45(56)51-47)46(57)21-26-59-25-20-34-10-8-9-33(27-34)19-23-52-31-36-28-38(29-37(36)32-52)60-48(58)50-42-14-7-6-13-39(42)35-11-4-3-5-12-35/h3-18,27,36-38,44,49,54-55H,2,19-26,28-32H2,1H3,(H,50,58)(H,51,56)/t36-,37+,38+,44-/m0/s1. The number of aliphatic hydroxyl groups excluding tert-OH is 1. The smallest absolute Gasteiger partial charge is 0.411 e. The summed E-state index contributed by atoms with van der Waals surface area (Å²) in [4.78, 5) is 44.5. The number of pyridine rings is 1. The predicted molar refractivity (Wildman–Crippen MR) is 234 cm³/mol. The first-order chi connectivity index (χ1) is 29.2. The van der Waals surface area contributed by atoms with Crippen molar-refractivity contribution < 1.29 is 29.3 Å². The van der Waals surface area contributed by atoms with E-state index in [2.05, 4.69) is 44.8 Å². The van der Waals surface area contributed by atoms with Crippen LogP contribution < -0.4 is 16.2 Å². The van der Waals surface area contributed by atoms with Crippen LogP contribution in [0, 0.1) is 11.8 Å². The largest absolute Gasteiger partial charge is 0.506 e. The summed E-state index contributed by atoms with van der Waals surface area (Å²) in [6.07, 6.45) is 2.55. The predicted octanol–water partition coefficient (Wildman–Crippen LogP) is 6.52. The van der Waals surface area contributed by atoms with Crippen molar-refractivity contribution in [1.82, 2.24) is 20.1 Å². The first-order valence-electron chi connectivity index (χ1n) is 21.3. The van der Waals surface area contributed by atoms with Crippen LogP contribution in [0.15, 0.2) is 108 Å². The van der Waals surface area contributed by atoms with Crippen LogP contribution in [0.1, 0.15) is 49.0 Å². The maximum absolute atomic E-state index is 12.9. The summed E-state index contributed by atoms with van der Waals surface area (Å²) in [6, 6.07) is 32.6. The van der Waals surface area contributed by atoms with Gasteiger partial charge in [-0.05, 0) is 84.9 Å². The Hall–Kier alpha value is -5.53. The molecule has 12 nitrogen and oxygen atoms in total. The van der Waals surface area contributed by atoms with Crippen molar-refractivity contribution in [3.05, 3.63) is 130 Å². The molecule has 0 unspecified atom stereocenters. The quantitative estimate of drug-likeness (QED) is 0.0586. The highest BCUT2D eigenvalue weighted by molar-refractivity contribution is 5.91. The van der Waals surface area contributed by atoms with E-state index in [1.807, 2.05) is 61.5 Å². The second kappa shape index (κ2) is 20.6. The molecule has 2 fully saturated rings. The maximum atomic E-state index is 12.9. The third-order valence-electron chi connectivity index (χ3n) is 11.9. The third-order valence-corrected chi connectivity index (χ3v) is 11.9. The topological polar surface area (TPSA) is 156 Å². The molecule has 60 heavy (non-hydrogen) atoms. The van der Waals surface area contributed by atoms with E-state index in [0.29, 0.717) is 67.6 Å². The maximum Gasteiger partial charge on any atom is 0.411 e. The van der Waals surface area contributed by atoms with Gasteiger partial charge in [0.1, 0.15) is 11.9 Å². The van der Waals surface area contributed by atoms with Crippen LogP contribution in [0.5, 0.6) is 5.75 Å². The lowest BCUT2D eigenvalue weighted by Gasteiger charge is -2.22.